The molecular weight excluding hydrogens is 452 g/mol. The number of hydrogen-bond acceptors (Lipinski definition) is 5. The van der Waals surface area contributed by atoms with Gasteiger partial charge in [0.2, 0.25) is 10.0 Å². The van der Waals surface area contributed by atoms with Gasteiger partial charge in [0.05, 0.1) is 17.0 Å². The van der Waals surface area contributed by atoms with Crippen LogP contribution in [-0.2, 0) is 15.8 Å². The number of benzene rings is 2. The number of carbonyl (C=O) groups excluding carboxylic acids is 2. The molecule has 2 aromatic carbocycles. The first-order valence-electron chi connectivity index (χ1n) is 11.8. The zero-order valence-corrected chi connectivity index (χ0v) is 20.4. The Kier molecular flexibility index (Phi) is 7.65. The van der Waals surface area contributed by atoms with Gasteiger partial charge >= 0.3 is 0 Å². The van der Waals surface area contributed by atoms with E-state index in [0.29, 0.717) is 35.5 Å². The number of sulfonamides is 1. The fraction of sp³-hybridized carbons (Fsp3) is 0.440. The number of hydrogen-bond donors (Lipinski definition) is 1. The molecule has 0 bridgehead atoms. The number of likely N-dealkylation sites (tertiary alicyclic amines) is 1. The highest BCUT2D eigenvalue weighted by molar-refractivity contribution is 7.88. The fourth-order valence-electron chi connectivity index (χ4n) is 4.36. The summed E-state index contributed by atoms with van der Waals surface area (Å²) in [5.74, 6) is -0.501. The molecule has 182 valence electrons. The Morgan fingerprint density at radius 1 is 0.853 bits per heavy atom. The molecule has 2 amide bonds. The number of piperidine rings is 1. The molecule has 0 spiro atoms. The van der Waals surface area contributed by atoms with E-state index in [2.05, 4.69) is 10.2 Å². The van der Waals surface area contributed by atoms with Gasteiger partial charge in [-0.1, -0.05) is 24.3 Å². The van der Waals surface area contributed by atoms with Crippen molar-refractivity contribution in [2.24, 2.45) is 0 Å². The van der Waals surface area contributed by atoms with E-state index in [4.69, 9.17) is 0 Å². The molecule has 2 heterocycles. The fourth-order valence-corrected chi connectivity index (χ4v) is 5.88. The highest BCUT2D eigenvalue weighted by Crippen LogP contribution is 2.21. The molecule has 0 saturated carbocycles. The third kappa shape index (κ3) is 5.84. The highest BCUT2D eigenvalue weighted by Gasteiger charge is 2.26. The predicted octanol–water partition coefficient (Wildman–Crippen LogP) is 2.64. The van der Waals surface area contributed by atoms with Crippen molar-refractivity contribution in [2.75, 3.05) is 51.6 Å². The Balaban J connectivity index is 1.41. The molecule has 2 aliphatic heterocycles. The Hall–Kier alpha value is -2.75. The van der Waals surface area contributed by atoms with Crippen molar-refractivity contribution in [3.05, 3.63) is 65.2 Å². The summed E-state index contributed by atoms with van der Waals surface area (Å²) in [7, 11) is -1.42. The van der Waals surface area contributed by atoms with Gasteiger partial charge in [-0.2, -0.15) is 4.31 Å². The Bertz CT molecular complexity index is 1120. The molecule has 2 saturated heterocycles. The highest BCUT2D eigenvalue weighted by atomic mass is 32.2. The molecule has 2 aromatic rings. The van der Waals surface area contributed by atoms with Crippen LogP contribution in [0.15, 0.2) is 48.5 Å². The maximum atomic E-state index is 13.0. The summed E-state index contributed by atoms with van der Waals surface area (Å²) in [5.41, 5.74) is 1.99. The van der Waals surface area contributed by atoms with E-state index < -0.39 is 10.0 Å². The second-order valence-corrected chi connectivity index (χ2v) is 11.0. The first-order chi connectivity index (χ1) is 16.3. The molecule has 0 aromatic heterocycles. The lowest BCUT2D eigenvalue weighted by Crippen LogP contribution is -2.47. The summed E-state index contributed by atoms with van der Waals surface area (Å²) in [6.45, 7) is 3.91. The van der Waals surface area contributed by atoms with Crippen molar-refractivity contribution in [1.29, 1.82) is 0 Å². The van der Waals surface area contributed by atoms with Gasteiger partial charge in [0.1, 0.15) is 0 Å². The standard InChI is InChI=1S/C25H32N4O4S/c1-27-15-17-29(18-16-27)34(32,33)19-20-9-11-21(12-10-20)24(30)26-23-8-4-3-7-22(23)25(31)28-13-5-2-6-14-28/h3-4,7-12H,2,5-6,13-19H2,1H3,(H,26,30). The lowest BCUT2D eigenvalue weighted by Gasteiger charge is -2.31. The van der Waals surface area contributed by atoms with E-state index in [0.717, 1.165) is 45.4 Å². The van der Waals surface area contributed by atoms with E-state index in [9.17, 15) is 18.0 Å². The predicted molar refractivity (Wildman–Crippen MR) is 132 cm³/mol. The van der Waals surface area contributed by atoms with Crippen molar-refractivity contribution in [3.63, 3.8) is 0 Å². The van der Waals surface area contributed by atoms with Crippen LogP contribution in [0.1, 0.15) is 45.5 Å². The molecule has 9 heteroatoms. The van der Waals surface area contributed by atoms with Gasteiger partial charge in [-0.3, -0.25) is 9.59 Å². The molecule has 2 fully saturated rings. The van der Waals surface area contributed by atoms with Crippen LogP contribution in [0.4, 0.5) is 5.69 Å². The van der Waals surface area contributed by atoms with Crippen molar-refractivity contribution >= 4 is 27.5 Å². The lowest BCUT2D eigenvalue weighted by atomic mass is 10.1. The number of piperazine rings is 1. The van der Waals surface area contributed by atoms with E-state index in [-0.39, 0.29) is 17.6 Å². The first-order valence-corrected chi connectivity index (χ1v) is 13.4. The molecular formula is C25H32N4O4S. The summed E-state index contributed by atoms with van der Waals surface area (Å²) in [6.07, 6.45) is 3.13. The topological polar surface area (TPSA) is 90.0 Å². The number of para-hydroxylation sites is 1. The van der Waals surface area contributed by atoms with E-state index >= 15 is 0 Å². The zero-order chi connectivity index (χ0) is 24.1. The van der Waals surface area contributed by atoms with Crippen LogP contribution in [0, 0.1) is 0 Å². The summed E-state index contributed by atoms with van der Waals surface area (Å²) >= 11 is 0. The number of rotatable bonds is 6. The van der Waals surface area contributed by atoms with Gasteiger partial charge in [-0.25, -0.2) is 8.42 Å². The second kappa shape index (κ2) is 10.7. The molecule has 1 N–H and O–H groups in total. The van der Waals surface area contributed by atoms with Crippen LogP contribution in [0.25, 0.3) is 0 Å². The third-order valence-corrected chi connectivity index (χ3v) is 8.32. The average Bonchev–Trinajstić information content (AvgIpc) is 2.85. The number of likely N-dealkylation sites (N-methyl/N-ethyl adjacent to an activating group) is 1. The van der Waals surface area contributed by atoms with E-state index in [1.54, 1.807) is 48.5 Å². The van der Waals surface area contributed by atoms with Gasteiger partial charge in [0, 0.05) is 44.8 Å². The zero-order valence-electron chi connectivity index (χ0n) is 19.6. The monoisotopic (exact) mass is 484 g/mol. The average molecular weight is 485 g/mol. The quantitative estimate of drug-likeness (QED) is 0.681. The van der Waals surface area contributed by atoms with Crippen molar-refractivity contribution < 1.29 is 18.0 Å². The molecule has 0 unspecified atom stereocenters. The molecule has 4 rings (SSSR count). The second-order valence-electron chi connectivity index (χ2n) is 9.01. The first kappa shape index (κ1) is 24.4. The minimum absolute atomic E-state index is 0.0694. The van der Waals surface area contributed by atoms with Crippen LogP contribution in [0.2, 0.25) is 0 Å². The molecule has 2 aliphatic rings. The van der Waals surface area contributed by atoms with E-state index in [1.165, 1.54) is 4.31 Å². The van der Waals surface area contributed by atoms with Crippen molar-refractivity contribution in [3.8, 4) is 0 Å². The van der Waals surface area contributed by atoms with Crippen LogP contribution >= 0.6 is 0 Å². The molecule has 0 atom stereocenters. The lowest BCUT2D eigenvalue weighted by molar-refractivity contribution is 0.0725. The minimum Gasteiger partial charge on any atom is -0.339 e. The van der Waals surface area contributed by atoms with Gasteiger partial charge < -0.3 is 15.1 Å². The van der Waals surface area contributed by atoms with Gasteiger partial charge in [0.25, 0.3) is 11.8 Å². The number of amides is 2. The number of nitrogens with one attached hydrogen (secondary N) is 1. The summed E-state index contributed by atoms with van der Waals surface area (Å²) < 4.78 is 27.0. The Morgan fingerprint density at radius 3 is 2.18 bits per heavy atom. The number of carbonyl (C=O) groups is 2. The summed E-state index contributed by atoms with van der Waals surface area (Å²) in [5, 5.41) is 2.85. The van der Waals surface area contributed by atoms with Crippen LogP contribution < -0.4 is 5.32 Å². The van der Waals surface area contributed by atoms with Crippen LogP contribution in [0.5, 0.6) is 0 Å². The third-order valence-electron chi connectivity index (χ3n) is 6.47. The summed E-state index contributed by atoms with van der Waals surface area (Å²) in [6, 6.07) is 13.6. The molecule has 34 heavy (non-hydrogen) atoms. The smallest absolute Gasteiger partial charge is 0.255 e. The van der Waals surface area contributed by atoms with Gasteiger partial charge in [-0.05, 0) is 56.1 Å². The molecule has 8 nitrogen and oxygen atoms in total. The normalized spacial score (nSPS) is 18.0. The van der Waals surface area contributed by atoms with Gasteiger partial charge in [0.15, 0.2) is 0 Å². The van der Waals surface area contributed by atoms with Gasteiger partial charge in [-0.15, -0.1) is 0 Å². The maximum Gasteiger partial charge on any atom is 0.255 e. The largest absolute Gasteiger partial charge is 0.339 e. The van der Waals surface area contributed by atoms with E-state index in [1.807, 2.05) is 11.9 Å². The molecule has 0 aliphatic carbocycles. The summed E-state index contributed by atoms with van der Waals surface area (Å²) in [4.78, 5) is 29.8. The maximum absolute atomic E-state index is 13.0. The van der Waals surface area contributed by atoms with Crippen LogP contribution in [-0.4, -0.2) is 80.7 Å². The van der Waals surface area contributed by atoms with Crippen molar-refractivity contribution in [1.82, 2.24) is 14.1 Å². The number of anilines is 1. The minimum atomic E-state index is -3.40. The molecule has 0 radical (unpaired) electrons. The number of nitrogens with zero attached hydrogens (tertiary/aromatic N) is 3. The SMILES string of the molecule is CN1CCN(S(=O)(=O)Cc2ccc(C(=O)Nc3ccccc3C(=O)N3CCCCC3)cc2)CC1. The van der Waals surface area contributed by atoms with Crippen LogP contribution in [0.3, 0.4) is 0 Å². The van der Waals surface area contributed by atoms with Crippen molar-refractivity contribution in [2.45, 2.75) is 25.0 Å². The Morgan fingerprint density at radius 2 is 1.50 bits per heavy atom. The Labute approximate surface area is 201 Å².